The molecule has 0 aliphatic rings. The van der Waals surface area contributed by atoms with Crippen molar-refractivity contribution < 1.29 is 9.53 Å². The number of nitrogens with two attached hydrogens (primary N) is 1. The van der Waals surface area contributed by atoms with Crippen molar-refractivity contribution in [2.75, 3.05) is 0 Å². The average molecular weight is 396 g/mol. The summed E-state index contributed by atoms with van der Waals surface area (Å²) in [6, 6.07) is 19.0. The van der Waals surface area contributed by atoms with Gasteiger partial charge in [0.1, 0.15) is 6.61 Å². The van der Waals surface area contributed by atoms with Crippen LogP contribution in [0.2, 0.25) is 0 Å². The topological polar surface area (TPSA) is 52.3 Å². The minimum atomic E-state index is -0.274. The highest BCUT2D eigenvalue weighted by molar-refractivity contribution is 5.69. The van der Waals surface area contributed by atoms with Gasteiger partial charge in [-0.2, -0.15) is 0 Å². The highest BCUT2D eigenvalue weighted by Crippen LogP contribution is 2.38. The molecule has 0 heterocycles. The van der Waals surface area contributed by atoms with Gasteiger partial charge in [0.05, 0.1) is 0 Å². The lowest BCUT2D eigenvalue weighted by Gasteiger charge is -2.41. The summed E-state index contributed by atoms with van der Waals surface area (Å²) in [4.78, 5) is 11.8. The molecule has 0 saturated carbocycles. The SMILES string of the molecule is CCCC(=O)OCc1cccc(C(CC(N)(C(C)C)C(C)C)c2ccccc2)c1. The second-order valence-corrected chi connectivity index (χ2v) is 8.74. The van der Waals surface area contributed by atoms with Crippen LogP contribution < -0.4 is 5.73 Å². The molecule has 29 heavy (non-hydrogen) atoms. The molecule has 0 fully saturated rings. The van der Waals surface area contributed by atoms with Crippen molar-refractivity contribution in [3.8, 4) is 0 Å². The van der Waals surface area contributed by atoms with E-state index in [0.717, 1.165) is 18.4 Å². The van der Waals surface area contributed by atoms with Crippen LogP contribution in [0.3, 0.4) is 0 Å². The van der Waals surface area contributed by atoms with Crippen LogP contribution in [-0.2, 0) is 16.1 Å². The molecule has 0 saturated heterocycles. The molecule has 2 aromatic carbocycles. The first-order valence-electron chi connectivity index (χ1n) is 10.9. The Morgan fingerprint density at radius 3 is 2.17 bits per heavy atom. The van der Waals surface area contributed by atoms with Gasteiger partial charge >= 0.3 is 5.97 Å². The maximum atomic E-state index is 11.8. The van der Waals surface area contributed by atoms with Crippen molar-refractivity contribution in [3.05, 3.63) is 71.3 Å². The van der Waals surface area contributed by atoms with E-state index in [2.05, 4.69) is 70.2 Å². The largest absolute Gasteiger partial charge is 0.461 e. The molecule has 2 aromatic rings. The average Bonchev–Trinajstić information content (AvgIpc) is 2.71. The molecular formula is C26H37NO2. The van der Waals surface area contributed by atoms with E-state index in [0.29, 0.717) is 24.9 Å². The molecule has 1 unspecified atom stereocenters. The van der Waals surface area contributed by atoms with Crippen LogP contribution >= 0.6 is 0 Å². The first-order valence-corrected chi connectivity index (χ1v) is 10.9. The van der Waals surface area contributed by atoms with Crippen LogP contribution in [0.5, 0.6) is 0 Å². The maximum Gasteiger partial charge on any atom is 0.306 e. The van der Waals surface area contributed by atoms with Crippen molar-refractivity contribution in [2.45, 2.75) is 71.9 Å². The molecule has 3 nitrogen and oxygen atoms in total. The van der Waals surface area contributed by atoms with Gasteiger partial charge in [0.25, 0.3) is 0 Å². The molecule has 0 aliphatic heterocycles. The summed E-state index contributed by atoms with van der Waals surface area (Å²) in [5.41, 5.74) is 10.2. The van der Waals surface area contributed by atoms with Gasteiger partial charge in [0, 0.05) is 17.9 Å². The fourth-order valence-electron chi connectivity index (χ4n) is 3.94. The van der Waals surface area contributed by atoms with Crippen LogP contribution in [0.4, 0.5) is 0 Å². The first-order chi connectivity index (χ1) is 13.8. The summed E-state index contributed by atoms with van der Waals surface area (Å²) >= 11 is 0. The van der Waals surface area contributed by atoms with Gasteiger partial charge in [0.15, 0.2) is 0 Å². The zero-order valence-electron chi connectivity index (χ0n) is 18.7. The number of hydrogen-bond donors (Lipinski definition) is 1. The van der Waals surface area contributed by atoms with Gasteiger partial charge in [-0.05, 0) is 41.4 Å². The van der Waals surface area contributed by atoms with Crippen LogP contribution in [0.1, 0.15) is 76.5 Å². The lowest BCUT2D eigenvalue weighted by Crippen LogP contribution is -2.51. The Balaban J connectivity index is 2.35. The summed E-state index contributed by atoms with van der Waals surface area (Å²) in [5.74, 6) is 0.786. The lowest BCUT2D eigenvalue weighted by atomic mass is 9.69. The van der Waals surface area contributed by atoms with E-state index >= 15 is 0 Å². The van der Waals surface area contributed by atoms with Crippen LogP contribution in [0.25, 0.3) is 0 Å². The highest BCUT2D eigenvalue weighted by atomic mass is 16.5. The van der Waals surface area contributed by atoms with E-state index in [-0.39, 0.29) is 17.4 Å². The van der Waals surface area contributed by atoms with Crippen molar-refractivity contribution in [1.29, 1.82) is 0 Å². The standard InChI is InChI=1S/C26H37NO2/c1-6-11-25(28)29-18-21-12-10-15-23(16-21)24(22-13-8-7-9-14-22)17-26(27,19(2)3)20(4)5/h7-10,12-16,19-20,24H,6,11,17-18,27H2,1-5H3. The zero-order chi connectivity index (χ0) is 21.4. The number of carbonyl (C=O) groups is 1. The summed E-state index contributed by atoms with van der Waals surface area (Å²) in [7, 11) is 0. The molecule has 2 rings (SSSR count). The van der Waals surface area contributed by atoms with E-state index in [4.69, 9.17) is 10.5 Å². The maximum absolute atomic E-state index is 11.8. The summed E-state index contributed by atoms with van der Waals surface area (Å²) < 4.78 is 5.42. The first kappa shape index (κ1) is 23.2. The van der Waals surface area contributed by atoms with Crippen LogP contribution in [0.15, 0.2) is 54.6 Å². The molecule has 0 amide bonds. The zero-order valence-corrected chi connectivity index (χ0v) is 18.7. The minimum absolute atomic E-state index is 0.141. The molecule has 1 atom stereocenters. The van der Waals surface area contributed by atoms with Gasteiger partial charge in [-0.15, -0.1) is 0 Å². The third-order valence-corrected chi connectivity index (χ3v) is 6.12. The number of carbonyl (C=O) groups excluding carboxylic acids is 1. The molecule has 3 heteroatoms. The van der Waals surface area contributed by atoms with Gasteiger partial charge in [-0.3, -0.25) is 4.79 Å². The third kappa shape index (κ3) is 6.17. The number of ether oxygens (including phenoxy) is 1. The van der Waals surface area contributed by atoms with Crippen molar-refractivity contribution in [3.63, 3.8) is 0 Å². The van der Waals surface area contributed by atoms with E-state index in [9.17, 15) is 4.79 Å². The smallest absolute Gasteiger partial charge is 0.306 e. The summed E-state index contributed by atoms with van der Waals surface area (Å²) in [5, 5.41) is 0. The van der Waals surface area contributed by atoms with Gasteiger partial charge in [-0.1, -0.05) is 89.2 Å². The monoisotopic (exact) mass is 395 g/mol. The van der Waals surface area contributed by atoms with Crippen LogP contribution in [0, 0.1) is 11.8 Å². The van der Waals surface area contributed by atoms with Crippen molar-refractivity contribution in [2.24, 2.45) is 17.6 Å². The second-order valence-electron chi connectivity index (χ2n) is 8.74. The number of benzene rings is 2. The Labute approximate surface area is 176 Å². The quantitative estimate of drug-likeness (QED) is 0.497. The fraction of sp³-hybridized carbons (Fsp3) is 0.500. The van der Waals surface area contributed by atoms with Gasteiger partial charge in [-0.25, -0.2) is 0 Å². The molecule has 2 N–H and O–H groups in total. The fourth-order valence-corrected chi connectivity index (χ4v) is 3.94. The van der Waals surface area contributed by atoms with E-state index in [1.54, 1.807) is 0 Å². The molecule has 0 bridgehead atoms. The molecular weight excluding hydrogens is 358 g/mol. The Morgan fingerprint density at radius 2 is 1.59 bits per heavy atom. The molecule has 0 spiro atoms. The number of rotatable bonds is 10. The number of hydrogen-bond acceptors (Lipinski definition) is 3. The van der Waals surface area contributed by atoms with Gasteiger partial charge in [0.2, 0.25) is 0 Å². The Hall–Kier alpha value is -2.13. The van der Waals surface area contributed by atoms with Crippen molar-refractivity contribution >= 4 is 5.97 Å². The Morgan fingerprint density at radius 1 is 0.966 bits per heavy atom. The Kier molecular flexibility index (Phi) is 8.45. The third-order valence-electron chi connectivity index (χ3n) is 6.12. The number of esters is 1. The second kappa shape index (κ2) is 10.6. The summed E-state index contributed by atoms with van der Waals surface area (Å²) in [6.07, 6.45) is 2.13. The molecule has 0 radical (unpaired) electrons. The minimum Gasteiger partial charge on any atom is -0.461 e. The molecule has 158 valence electrons. The van der Waals surface area contributed by atoms with Crippen LogP contribution in [-0.4, -0.2) is 11.5 Å². The van der Waals surface area contributed by atoms with Crippen molar-refractivity contribution in [1.82, 2.24) is 0 Å². The Bertz CT molecular complexity index is 759. The molecule has 0 aromatic heterocycles. The van der Waals surface area contributed by atoms with Gasteiger partial charge < -0.3 is 10.5 Å². The van der Waals surface area contributed by atoms with E-state index < -0.39 is 0 Å². The normalized spacial score (nSPS) is 13.0. The predicted octanol–water partition coefficient (Wildman–Crippen LogP) is 6.06. The predicted molar refractivity (Wildman–Crippen MR) is 121 cm³/mol. The van der Waals surface area contributed by atoms with E-state index in [1.807, 2.05) is 19.1 Å². The highest BCUT2D eigenvalue weighted by Gasteiger charge is 2.36. The lowest BCUT2D eigenvalue weighted by molar-refractivity contribution is -0.144. The molecule has 0 aliphatic carbocycles. The van der Waals surface area contributed by atoms with E-state index in [1.165, 1.54) is 11.1 Å². The summed E-state index contributed by atoms with van der Waals surface area (Å²) in [6.45, 7) is 11.2.